The summed E-state index contributed by atoms with van der Waals surface area (Å²) in [5, 5.41) is 3.07. The van der Waals surface area contributed by atoms with E-state index in [4.69, 9.17) is 0 Å². The van der Waals surface area contributed by atoms with E-state index in [0.29, 0.717) is 30.3 Å². The molecule has 1 aliphatic heterocycles. The number of nitrogens with one attached hydrogen (secondary N) is 1. The summed E-state index contributed by atoms with van der Waals surface area (Å²) in [5.74, 6) is 0.877. The Morgan fingerprint density at radius 2 is 1.67 bits per heavy atom. The normalized spacial score (nSPS) is 19.5. The molecule has 100 valence electrons. The van der Waals surface area contributed by atoms with E-state index < -0.39 is 21.5 Å². The van der Waals surface area contributed by atoms with Crippen molar-refractivity contribution in [1.82, 2.24) is 5.32 Å². The fourth-order valence-corrected chi connectivity index (χ4v) is 3.50. The van der Waals surface area contributed by atoms with Crippen molar-refractivity contribution in [1.29, 1.82) is 0 Å². The van der Waals surface area contributed by atoms with E-state index in [1.54, 1.807) is 0 Å². The molecule has 1 heterocycles. The molecule has 0 radical (unpaired) electrons. The Labute approximate surface area is 104 Å². The maximum atomic E-state index is 12.4. The van der Waals surface area contributed by atoms with Crippen LogP contribution in [0.3, 0.4) is 0 Å². The molecule has 1 aliphatic rings. The second-order valence-corrected chi connectivity index (χ2v) is 6.61. The Bertz CT molecular complexity index is 518. The van der Waals surface area contributed by atoms with Crippen LogP contribution < -0.4 is 5.32 Å². The first-order valence-electron chi connectivity index (χ1n) is 5.50. The zero-order valence-corrected chi connectivity index (χ0v) is 10.4. The number of rotatable bonds is 1. The predicted molar refractivity (Wildman–Crippen MR) is 64.3 cm³/mol. The first-order chi connectivity index (χ1) is 8.39. The summed E-state index contributed by atoms with van der Waals surface area (Å²) < 4.78 is 53.4. The van der Waals surface area contributed by atoms with Gasteiger partial charge in [-0.15, -0.1) is 0 Å². The quantitative estimate of drug-likeness (QED) is 0.857. The van der Waals surface area contributed by atoms with E-state index in [1.165, 1.54) is 12.1 Å². The molecule has 0 aromatic heterocycles. The summed E-state index contributed by atoms with van der Waals surface area (Å²) in [6.45, 7) is 1.26. The second kappa shape index (κ2) is 4.89. The molecule has 1 aromatic carbocycles. The molecule has 0 atom stereocenters. The molecule has 0 saturated carbocycles. The van der Waals surface area contributed by atoms with Crippen molar-refractivity contribution in [2.75, 3.05) is 24.6 Å². The number of benzene rings is 1. The van der Waals surface area contributed by atoms with Crippen LogP contribution in [0.4, 0.5) is 18.9 Å². The Morgan fingerprint density at radius 1 is 1.11 bits per heavy atom. The lowest BCUT2D eigenvalue weighted by Gasteiger charge is -2.16. The topological polar surface area (TPSA) is 41.5 Å². The highest BCUT2D eigenvalue weighted by Gasteiger charge is 2.30. The van der Waals surface area contributed by atoms with Crippen molar-refractivity contribution in [3.63, 3.8) is 0 Å². The van der Waals surface area contributed by atoms with Crippen LogP contribution in [0.15, 0.2) is 28.6 Å². The van der Waals surface area contributed by atoms with Gasteiger partial charge >= 0.3 is 6.18 Å². The standard InChI is InChI=1S/C11H13F3N2OS/c12-11(13,14)9-1-3-10(4-2-9)16-18(17)7-5-15-6-8-18/h1-4,15H,5-8H2. The molecule has 1 saturated heterocycles. The van der Waals surface area contributed by atoms with Gasteiger partial charge < -0.3 is 5.32 Å². The van der Waals surface area contributed by atoms with Crippen LogP contribution in [0.2, 0.25) is 0 Å². The SMILES string of the molecule is O=S1(=Nc2ccc(C(F)(F)F)cc2)CCNCC1. The van der Waals surface area contributed by atoms with Gasteiger partial charge in [0.25, 0.3) is 0 Å². The molecule has 0 spiro atoms. The van der Waals surface area contributed by atoms with Crippen molar-refractivity contribution in [2.45, 2.75) is 6.18 Å². The van der Waals surface area contributed by atoms with Crippen LogP contribution in [-0.2, 0) is 15.9 Å². The summed E-state index contributed by atoms with van der Waals surface area (Å²) >= 11 is 0. The third kappa shape index (κ3) is 3.23. The van der Waals surface area contributed by atoms with Crippen molar-refractivity contribution in [3.05, 3.63) is 29.8 Å². The number of hydrogen-bond acceptors (Lipinski definition) is 3. The molecule has 1 aromatic rings. The van der Waals surface area contributed by atoms with Gasteiger partial charge in [-0.25, -0.2) is 4.21 Å². The van der Waals surface area contributed by atoms with Gasteiger partial charge in [-0.2, -0.15) is 17.5 Å². The first-order valence-corrected chi connectivity index (χ1v) is 7.35. The van der Waals surface area contributed by atoms with Gasteiger partial charge in [0.15, 0.2) is 0 Å². The minimum absolute atomic E-state index is 0.343. The number of halogens is 3. The summed E-state index contributed by atoms with van der Waals surface area (Å²) in [5.41, 5.74) is -0.378. The van der Waals surface area contributed by atoms with Crippen LogP contribution in [0.5, 0.6) is 0 Å². The Balaban J connectivity index is 2.25. The van der Waals surface area contributed by atoms with E-state index >= 15 is 0 Å². The van der Waals surface area contributed by atoms with Gasteiger partial charge in [-0.3, -0.25) is 0 Å². The van der Waals surface area contributed by atoms with Crippen LogP contribution >= 0.6 is 0 Å². The van der Waals surface area contributed by atoms with E-state index in [0.717, 1.165) is 12.1 Å². The minimum Gasteiger partial charge on any atom is -0.315 e. The molecule has 7 heteroatoms. The molecule has 0 bridgehead atoms. The molecule has 0 unspecified atom stereocenters. The largest absolute Gasteiger partial charge is 0.416 e. The van der Waals surface area contributed by atoms with E-state index in [9.17, 15) is 17.4 Å². The highest BCUT2D eigenvalue weighted by atomic mass is 32.2. The average Bonchev–Trinajstić information content (AvgIpc) is 2.29. The Morgan fingerprint density at radius 3 is 2.17 bits per heavy atom. The summed E-state index contributed by atoms with van der Waals surface area (Å²) in [6.07, 6.45) is -4.35. The lowest BCUT2D eigenvalue weighted by molar-refractivity contribution is -0.137. The van der Waals surface area contributed by atoms with Crippen LogP contribution in [0.1, 0.15) is 5.56 Å². The zero-order valence-electron chi connectivity index (χ0n) is 9.54. The van der Waals surface area contributed by atoms with E-state index in [1.807, 2.05) is 0 Å². The zero-order chi connectivity index (χ0) is 13.2. The molecular weight excluding hydrogens is 265 g/mol. The molecule has 2 rings (SSSR count). The molecule has 3 nitrogen and oxygen atoms in total. The molecule has 0 aliphatic carbocycles. The highest BCUT2D eigenvalue weighted by Crippen LogP contribution is 2.30. The van der Waals surface area contributed by atoms with E-state index in [2.05, 4.69) is 9.68 Å². The Hall–Kier alpha value is -1.08. The van der Waals surface area contributed by atoms with E-state index in [-0.39, 0.29) is 0 Å². The maximum absolute atomic E-state index is 12.4. The van der Waals surface area contributed by atoms with Crippen molar-refractivity contribution in [3.8, 4) is 0 Å². The fourth-order valence-electron chi connectivity index (χ4n) is 1.69. The number of nitrogens with zero attached hydrogens (tertiary/aromatic N) is 1. The smallest absolute Gasteiger partial charge is 0.315 e. The molecule has 18 heavy (non-hydrogen) atoms. The fraction of sp³-hybridized carbons (Fsp3) is 0.455. The van der Waals surface area contributed by atoms with Crippen LogP contribution in [-0.4, -0.2) is 28.8 Å². The van der Waals surface area contributed by atoms with Crippen molar-refractivity contribution < 1.29 is 17.4 Å². The third-order valence-corrected chi connectivity index (χ3v) is 4.89. The summed E-state index contributed by atoms with van der Waals surface area (Å²) in [6, 6.07) is 4.44. The Kier molecular flexibility index (Phi) is 3.63. The van der Waals surface area contributed by atoms with Crippen LogP contribution in [0.25, 0.3) is 0 Å². The average molecular weight is 278 g/mol. The third-order valence-electron chi connectivity index (χ3n) is 2.66. The monoisotopic (exact) mass is 278 g/mol. The lowest BCUT2D eigenvalue weighted by Crippen LogP contribution is -2.35. The van der Waals surface area contributed by atoms with Gasteiger partial charge in [-0.1, -0.05) is 0 Å². The van der Waals surface area contributed by atoms with Gasteiger partial charge in [0, 0.05) is 24.6 Å². The minimum atomic E-state index is -4.35. The van der Waals surface area contributed by atoms with Crippen LogP contribution in [0, 0.1) is 0 Å². The lowest BCUT2D eigenvalue weighted by atomic mass is 10.2. The van der Waals surface area contributed by atoms with Gasteiger partial charge in [0.1, 0.15) is 0 Å². The first kappa shape index (κ1) is 13.4. The molecular formula is C11H13F3N2OS. The predicted octanol–water partition coefficient (Wildman–Crippen LogP) is 2.41. The maximum Gasteiger partial charge on any atom is 0.416 e. The highest BCUT2D eigenvalue weighted by molar-refractivity contribution is 7.93. The molecule has 1 fully saturated rings. The van der Waals surface area contributed by atoms with Gasteiger partial charge in [-0.05, 0) is 24.3 Å². The number of alkyl halides is 3. The van der Waals surface area contributed by atoms with Gasteiger partial charge in [0.05, 0.1) is 21.0 Å². The molecule has 1 N–H and O–H groups in total. The van der Waals surface area contributed by atoms with Crippen molar-refractivity contribution >= 4 is 15.4 Å². The second-order valence-electron chi connectivity index (χ2n) is 4.07. The van der Waals surface area contributed by atoms with Crippen molar-refractivity contribution in [2.24, 2.45) is 4.36 Å². The summed E-state index contributed by atoms with van der Waals surface area (Å²) in [7, 11) is -2.31. The molecule has 0 amide bonds. The van der Waals surface area contributed by atoms with Gasteiger partial charge in [0.2, 0.25) is 0 Å². The summed E-state index contributed by atoms with van der Waals surface area (Å²) in [4.78, 5) is 0. The number of hydrogen-bond donors (Lipinski definition) is 1.